The highest BCUT2D eigenvalue weighted by atomic mass is 16.8. The number of ether oxygens (including phenoxy) is 3. The molecule has 0 aromatic rings. The molecule has 4 nitrogen and oxygen atoms in total. The van der Waals surface area contributed by atoms with Crippen molar-refractivity contribution in [2.75, 3.05) is 6.61 Å². The zero-order chi connectivity index (χ0) is 12.8. The second-order valence-electron chi connectivity index (χ2n) is 6.00. The fraction of sp³-hybridized carbons (Fsp3) is 0.769. The van der Waals surface area contributed by atoms with Crippen LogP contribution in [-0.4, -0.2) is 36.0 Å². The Kier molecular flexibility index (Phi) is 2.92. The van der Waals surface area contributed by atoms with Crippen LogP contribution in [0, 0.1) is 0 Å². The Balaban J connectivity index is 2.05. The van der Waals surface area contributed by atoms with Gasteiger partial charge >= 0.3 is 0 Å². The van der Waals surface area contributed by atoms with Crippen LogP contribution >= 0.6 is 0 Å². The van der Waals surface area contributed by atoms with Gasteiger partial charge in [0.25, 0.3) is 0 Å². The van der Waals surface area contributed by atoms with Crippen molar-refractivity contribution in [3.8, 4) is 0 Å². The van der Waals surface area contributed by atoms with Crippen molar-refractivity contribution in [2.24, 2.45) is 0 Å². The zero-order valence-corrected chi connectivity index (χ0v) is 11.1. The number of fused-ring (bicyclic) bond motifs is 1. The molecule has 96 valence electrons. The van der Waals surface area contributed by atoms with Gasteiger partial charge in [-0.1, -0.05) is 0 Å². The van der Waals surface area contributed by atoms with Gasteiger partial charge in [-0.15, -0.1) is 0 Å². The Morgan fingerprint density at radius 1 is 1.29 bits per heavy atom. The van der Waals surface area contributed by atoms with E-state index in [-0.39, 0.29) is 17.5 Å². The van der Waals surface area contributed by atoms with E-state index in [2.05, 4.69) is 0 Å². The minimum atomic E-state index is -0.688. The predicted molar refractivity (Wildman–Crippen MR) is 62.6 cm³/mol. The van der Waals surface area contributed by atoms with Crippen molar-refractivity contribution in [3.05, 3.63) is 11.6 Å². The molecule has 1 fully saturated rings. The van der Waals surface area contributed by atoms with Crippen molar-refractivity contribution in [1.82, 2.24) is 0 Å². The van der Waals surface area contributed by atoms with Gasteiger partial charge in [0.15, 0.2) is 17.7 Å². The number of rotatable bonds is 2. The highest BCUT2D eigenvalue weighted by Crippen LogP contribution is 2.36. The van der Waals surface area contributed by atoms with Gasteiger partial charge in [-0.05, 0) is 46.3 Å². The number of hydrogen-bond acceptors (Lipinski definition) is 4. The van der Waals surface area contributed by atoms with E-state index in [0.717, 1.165) is 5.57 Å². The molecule has 0 saturated carbocycles. The van der Waals surface area contributed by atoms with Crippen LogP contribution in [0.25, 0.3) is 0 Å². The Morgan fingerprint density at radius 2 is 1.88 bits per heavy atom. The Labute approximate surface area is 102 Å². The minimum Gasteiger partial charge on any atom is -0.371 e. The van der Waals surface area contributed by atoms with Crippen molar-refractivity contribution in [2.45, 2.75) is 58.2 Å². The van der Waals surface area contributed by atoms with Crippen LogP contribution in [-0.2, 0) is 19.0 Å². The molecule has 1 heterocycles. The standard InChI is InChI=1S/C13H20O4/c1-12(2,3)15-7-8-6-9(14)11-10(8)16-13(4,5)17-11/h6,10-11H,7H2,1-5H3/t10-,11+/m1/s1. The SMILES string of the molecule is CC(C)(C)OCC1=CC(=O)[C@@H]2OC(C)(C)O[C@H]12. The van der Waals surface area contributed by atoms with Crippen LogP contribution in [0.4, 0.5) is 0 Å². The van der Waals surface area contributed by atoms with E-state index < -0.39 is 11.9 Å². The first-order valence-corrected chi connectivity index (χ1v) is 5.92. The molecule has 2 rings (SSSR count). The first-order chi connectivity index (χ1) is 7.68. The molecule has 0 aromatic heterocycles. The van der Waals surface area contributed by atoms with Gasteiger partial charge in [0.05, 0.1) is 12.2 Å². The summed E-state index contributed by atoms with van der Waals surface area (Å²) in [6, 6.07) is 0. The van der Waals surface area contributed by atoms with E-state index in [9.17, 15) is 4.79 Å². The fourth-order valence-electron chi connectivity index (χ4n) is 2.01. The first kappa shape index (κ1) is 12.7. The predicted octanol–water partition coefficient (Wildman–Crippen LogP) is 1.83. The van der Waals surface area contributed by atoms with Gasteiger partial charge in [-0.3, -0.25) is 4.79 Å². The van der Waals surface area contributed by atoms with Crippen LogP contribution in [0.3, 0.4) is 0 Å². The molecule has 2 atom stereocenters. The van der Waals surface area contributed by atoms with E-state index in [1.54, 1.807) is 6.08 Å². The van der Waals surface area contributed by atoms with Crippen LogP contribution in [0.15, 0.2) is 11.6 Å². The van der Waals surface area contributed by atoms with Crippen molar-refractivity contribution in [1.29, 1.82) is 0 Å². The summed E-state index contributed by atoms with van der Waals surface area (Å²) in [5, 5.41) is 0. The normalized spacial score (nSPS) is 31.6. The van der Waals surface area contributed by atoms with Gasteiger partial charge in [0, 0.05) is 0 Å². The summed E-state index contributed by atoms with van der Waals surface area (Å²) in [5.74, 6) is -0.709. The third-order valence-corrected chi connectivity index (χ3v) is 2.74. The average Bonchev–Trinajstić information content (AvgIpc) is 2.58. The molecule has 17 heavy (non-hydrogen) atoms. The lowest BCUT2D eigenvalue weighted by molar-refractivity contribution is -0.153. The maximum atomic E-state index is 11.7. The van der Waals surface area contributed by atoms with Gasteiger partial charge < -0.3 is 14.2 Å². The molecule has 0 aromatic carbocycles. The number of carbonyl (C=O) groups excluding carboxylic acids is 1. The first-order valence-electron chi connectivity index (χ1n) is 5.92. The molecular formula is C13H20O4. The Morgan fingerprint density at radius 3 is 2.47 bits per heavy atom. The second-order valence-corrected chi connectivity index (χ2v) is 6.00. The lowest BCUT2D eigenvalue weighted by Crippen LogP contribution is -2.28. The van der Waals surface area contributed by atoms with Crippen LogP contribution in [0.2, 0.25) is 0 Å². The summed E-state index contributed by atoms with van der Waals surface area (Å²) in [5.41, 5.74) is 0.650. The molecule has 0 amide bonds. The Bertz CT molecular complexity index is 362. The molecule has 1 aliphatic heterocycles. The summed E-state index contributed by atoms with van der Waals surface area (Å²) in [6.07, 6.45) is 0.833. The Hall–Kier alpha value is -0.710. The van der Waals surface area contributed by atoms with Crippen LogP contribution < -0.4 is 0 Å². The summed E-state index contributed by atoms with van der Waals surface area (Å²) in [4.78, 5) is 11.7. The number of carbonyl (C=O) groups is 1. The maximum absolute atomic E-state index is 11.7. The highest BCUT2D eigenvalue weighted by Gasteiger charge is 2.49. The van der Waals surface area contributed by atoms with Gasteiger partial charge in [0.2, 0.25) is 0 Å². The van der Waals surface area contributed by atoms with Crippen molar-refractivity contribution < 1.29 is 19.0 Å². The molecule has 0 unspecified atom stereocenters. The average molecular weight is 240 g/mol. The number of hydrogen-bond donors (Lipinski definition) is 0. The summed E-state index contributed by atoms with van der Waals surface area (Å²) in [6.45, 7) is 10.0. The van der Waals surface area contributed by atoms with Crippen molar-refractivity contribution in [3.63, 3.8) is 0 Å². The number of ketones is 1. The van der Waals surface area contributed by atoms with Crippen molar-refractivity contribution >= 4 is 5.78 Å². The molecule has 1 saturated heterocycles. The van der Waals surface area contributed by atoms with Gasteiger partial charge in [-0.25, -0.2) is 0 Å². The third-order valence-electron chi connectivity index (χ3n) is 2.74. The van der Waals surface area contributed by atoms with E-state index in [4.69, 9.17) is 14.2 Å². The maximum Gasteiger partial charge on any atom is 0.187 e. The monoisotopic (exact) mass is 240 g/mol. The lowest BCUT2D eigenvalue weighted by atomic mass is 10.1. The fourth-order valence-corrected chi connectivity index (χ4v) is 2.01. The van der Waals surface area contributed by atoms with Gasteiger partial charge in [0.1, 0.15) is 6.10 Å². The molecule has 2 aliphatic rings. The van der Waals surface area contributed by atoms with Gasteiger partial charge in [-0.2, -0.15) is 0 Å². The van der Waals surface area contributed by atoms with E-state index in [0.29, 0.717) is 6.61 Å². The molecule has 0 spiro atoms. The molecule has 0 bridgehead atoms. The quantitative estimate of drug-likeness (QED) is 0.738. The molecule has 0 N–H and O–H groups in total. The third kappa shape index (κ3) is 2.76. The summed E-state index contributed by atoms with van der Waals surface area (Å²) in [7, 11) is 0. The van der Waals surface area contributed by atoms with E-state index in [1.165, 1.54) is 0 Å². The largest absolute Gasteiger partial charge is 0.371 e. The molecule has 1 aliphatic carbocycles. The molecule has 4 heteroatoms. The van der Waals surface area contributed by atoms with E-state index in [1.807, 2.05) is 34.6 Å². The summed E-state index contributed by atoms with van der Waals surface area (Å²) < 4.78 is 17.0. The topological polar surface area (TPSA) is 44.8 Å². The zero-order valence-electron chi connectivity index (χ0n) is 11.1. The van der Waals surface area contributed by atoms with Crippen LogP contribution in [0.1, 0.15) is 34.6 Å². The summed E-state index contributed by atoms with van der Waals surface area (Å²) >= 11 is 0. The lowest BCUT2D eigenvalue weighted by Gasteiger charge is -2.22. The molecular weight excluding hydrogens is 220 g/mol. The minimum absolute atomic E-state index is 0.0203. The molecule has 0 radical (unpaired) electrons. The highest BCUT2D eigenvalue weighted by molar-refractivity contribution is 5.98. The second kappa shape index (κ2) is 3.90. The smallest absolute Gasteiger partial charge is 0.187 e. The van der Waals surface area contributed by atoms with Crippen LogP contribution in [0.5, 0.6) is 0 Å². The van der Waals surface area contributed by atoms with E-state index >= 15 is 0 Å².